The van der Waals surface area contributed by atoms with Crippen molar-refractivity contribution in [2.45, 2.75) is 30.7 Å². The monoisotopic (exact) mass is 404 g/mol. The lowest BCUT2D eigenvalue weighted by molar-refractivity contribution is -0.291. The lowest BCUT2D eigenvalue weighted by Crippen LogP contribution is -2.59. The first-order valence-corrected chi connectivity index (χ1v) is 7.80. The minimum absolute atomic E-state index is 0.520. The molecule has 1 aliphatic rings. The smallest absolute Gasteiger partial charge is 0.371 e. The molecule has 1 heterocycles. The number of aliphatic hydroxyl groups excluding tert-OH is 4. The summed E-state index contributed by atoms with van der Waals surface area (Å²) in [6, 6.07) is 6.75. The van der Waals surface area contributed by atoms with Crippen molar-refractivity contribution in [3.8, 4) is 0 Å². The SMILES string of the molecule is O=C(O)/C(=C\c1cccc(Br)c1)O[C@H]1O[C@@H](CO)[C@H](O)[C@H](O)[C@H]1O. The third-order valence-electron chi connectivity index (χ3n) is 3.45. The Morgan fingerprint density at radius 2 is 1.96 bits per heavy atom. The second-order valence-corrected chi connectivity index (χ2v) is 6.10. The first-order chi connectivity index (χ1) is 11.3. The highest BCUT2D eigenvalue weighted by molar-refractivity contribution is 9.10. The van der Waals surface area contributed by atoms with Crippen LogP contribution in [-0.2, 0) is 14.3 Å². The largest absolute Gasteiger partial charge is 0.475 e. The summed E-state index contributed by atoms with van der Waals surface area (Å²) < 4.78 is 11.0. The summed E-state index contributed by atoms with van der Waals surface area (Å²) in [5.74, 6) is -1.94. The highest BCUT2D eigenvalue weighted by Crippen LogP contribution is 2.24. The minimum atomic E-state index is -1.69. The molecule has 8 nitrogen and oxygen atoms in total. The van der Waals surface area contributed by atoms with Gasteiger partial charge in [-0.25, -0.2) is 4.79 Å². The van der Waals surface area contributed by atoms with Gasteiger partial charge in [0.2, 0.25) is 12.0 Å². The molecule has 1 saturated heterocycles. The third kappa shape index (κ3) is 4.32. The molecule has 2 rings (SSSR count). The fourth-order valence-electron chi connectivity index (χ4n) is 2.18. The topological polar surface area (TPSA) is 137 Å². The number of hydrogen-bond donors (Lipinski definition) is 5. The fourth-order valence-corrected chi connectivity index (χ4v) is 2.60. The van der Waals surface area contributed by atoms with Gasteiger partial charge in [-0.2, -0.15) is 0 Å². The van der Waals surface area contributed by atoms with Crippen molar-refractivity contribution in [3.63, 3.8) is 0 Å². The summed E-state index contributed by atoms with van der Waals surface area (Å²) in [7, 11) is 0. The van der Waals surface area contributed by atoms with Crippen LogP contribution in [0.3, 0.4) is 0 Å². The first-order valence-electron chi connectivity index (χ1n) is 7.01. The predicted molar refractivity (Wildman–Crippen MR) is 84.6 cm³/mol. The van der Waals surface area contributed by atoms with E-state index in [-0.39, 0.29) is 0 Å². The molecule has 5 N–H and O–H groups in total. The van der Waals surface area contributed by atoms with E-state index in [1.807, 2.05) is 0 Å². The zero-order valence-corrected chi connectivity index (χ0v) is 13.9. The van der Waals surface area contributed by atoms with Gasteiger partial charge in [-0.15, -0.1) is 0 Å². The fraction of sp³-hybridized carbons (Fsp3) is 0.400. The van der Waals surface area contributed by atoms with Crippen molar-refractivity contribution < 1.29 is 39.8 Å². The number of carboxylic acid groups (broad SMARTS) is 1. The Hall–Kier alpha value is -1.49. The number of ether oxygens (including phenoxy) is 2. The molecular formula is C15H17BrO8. The number of carboxylic acids is 1. The predicted octanol–water partition coefficient (Wildman–Crippen LogP) is -0.309. The molecule has 0 radical (unpaired) electrons. The molecule has 0 unspecified atom stereocenters. The molecule has 1 aliphatic heterocycles. The summed E-state index contributed by atoms with van der Waals surface area (Å²) in [4.78, 5) is 11.4. The number of aliphatic carboxylic acids is 1. The lowest BCUT2D eigenvalue weighted by Gasteiger charge is -2.39. The second-order valence-electron chi connectivity index (χ2n) is 5.18. The van der Waals surface area contributed by atoms with Gasteiger partial charge in [-0.3, -0.25) is 0 Å². The van der Waals surface area contributed by atoms with Crippen LogP contribution in [-0.4, -0.2) is 68.8 Å². The van der Waals surface area contributed by atoms with Crippen molar-refractivity contribution in [3.05, 3.63) is 40.1 Å². The quantitative estimate of drug-likeness (QED) is 0.333. The van der Waals surface area contributed by atoms with E-state index in [4.69, 9.17) is 14.6 Å². The molecule has 5 atom stereocenters. The van der Waals surface area contributed by atoms with E-state index < -0.39 is 49.0 Å². The summed E-state index contributed by atoms with van der Waals surface area (Å²) >= 11 is 3.26. The minimum Gasteiger partial charge on any atom is -0.475 e. The molecule has 0 spiro atoms. The Morgan fingerprint density at radius 3 is 2.54 bits per heavy atom. The number of carbonyl (C=O) groups is 1. The van der Waals surface area contributed by atoms with E-state index in [2.05, 4.69) is 15.9 Å². The van der Waals surface area contributed by atoms with Crippen molar-refractivity contribution in [1.82, 2.24) is 0 Å². The van der Waals surface area contributed by atoms with E-state index in [0.29, 0.717) is 5.56 Å². The lowest BCUT2D eigenvalue weighted by atomic mass is 9.99. The Morgan fingerprint density at radius 1 is 1.25 bits per heavy atom. The summed E-state index contributed by atoms with van der Waals surface area (Å²) in [5.41, 5.74) is 0.520. The summed E-state index contributed by atoms with van der Waals surface area (Å²) in [6.07, 6.45) is -6.42. The van der Waals surface area contributed by atoms with Gasteiger partial charge >= 0.3 is 5.97 Å². The van der Waals surface area contributed by atoms with Crippen LogP contribution in [0.25, 0.3) is 6.08 Å². The van der Waals surface area contributed by atoms with Crippen LogP contribution in [0.4, 0.5) is 0 Å². The van der Waals surface area contributed by atoms with E-state index in [0.717, 1.165) is 4.47 Å². The zero-order chi connectivity index (χ0) is 17.9. The Kier molecular flexibility index (Phi) is 6.33. The molecule has 0 aliphatic carbocycles. The first kappa shape index (κ1) is 18.8. The van der Waals surface area contributed by atoms with Crippen molar-refractivity contribution >= 4 is 28.0 Å². The Balaban J connectivity index is 2.22. The van der Waals surface area contributed by atoms with E-state index >= 15 is 0 Å². The maximum atomic E-state index is 11.4. The van der Waals surface area contributed by atoms with Gasteiger partial charge in [-0.05, 0) is 23.8 Å². The number of rotatable bonds is 5. The molecule has 0 amide bonds. The average Bonchev–Trinajstić information content (AvgIpc) is 2.54. The molecule has 1 aromatic carbocycles. The summed E-state index contributed by atoms with van der Waals surface area (Å²) in [5, 5.41) is 47.7. The third-order valence-corrected chi connectivity index (χ3v) is 3.94. The van der Waals surface area contributed by atoms with E-state index in [1.165, 1.54) is 6.08 Å². The average molecular weight is 405 g/mol. The van der Waals surface area contributed by atoms with Gasteiger partial charge in [0.05, 0.1) is 6.61 Å². The van der Waals surface area contributed by atoms with Crippen molar-refractivity contribution in [2.24, 2.45) is 0 Å². The molecule has 0 saturated carbocycles. The number of aliphatic hydroxyl groups is 4. The molecule has 24 heavy (non-hydrogen) atoms. The molecule has 0 aromatic heterocycles. The molecule has 1 fully saturated rings. The van der Waals surface area contributed by atoms with Crippen LogP contribution in [0.2, 0.25) is 0 Å². The standard InChI is InChI=1S/C15H17BrO8/c16-8-3-1-2-7(4-8)5-9(14(21)22)23-15-13(20)12(19)11(18)10(6-17)24-15/h1-5,10-13,15,17-20H,6H2,(H,21,22)/b9-5+/t10-,11-,12-,13+,15-/m0/s1. The van der Waals surface area contributed by atoms with Gasteiger partial charge in [0.1, 0.15) is 24.4 Å². The van der Waals surface area contributed by atoms with Gasteiger partial charge in [0.15, 0.2) is 0 Å². The molecule has 9 heteroatoms. The van der Waals surface area contributed by atoms with E-state index in [1.54, 1.807) is 24.3 Å². The maximum Gasteiger partial charge on any atom is 0.371 e. The van der Waals surface area contributed by atoms with Gasteiger partial charge in [0, 0.05) is 4.47 Å². The second kappa shape index (κ2) is 8.06. The zero-order valence-electron chi connectivity index (χ0n) is 12.3. The van der Waals surface area contributed by atoms with Crippen LogP contribution in [0.5, 0.6) is 0 Å². The van der Waals surface area contributed by atoms with Crippen molar-refractivity contribution in [1.29, 1.82) is 0 Å². The highest BCUT2D eigenvalue weighted by Gasteiger charge is 2.45. The molecule has 132 valence electrons. The van der Waals surface area contributed by atoms with Gasteiger partial charge in [0.25, 0.3) is 0 Å². The maximum absolute atomic E-state index is 11.4. The van der Waals surface area contributed by atoms with Crippen molar-refractivity contribution in [2.75, 3.05) is 6.61 Å². The molecule has 0 bridgehead atoms. The van der Waals surface area contributed by atoms with Crippen LogP contribution in [0.15, 0.2) is 34.5 Å². The normalized spacial score (nSPS) is 30.9. The van der Waals surface area contributed by atoms with Crippen LogP contribution in [0.1, 0.15) is 5.56 Å². The van der Waals surface area contributed by atoms with Crippen LogP contribution < -0.4 is 0 Å². The Bertz CT molecular complexity index is 617. The van der Waals surface area contributed by atoms with E-state index in [9.17, 15) is 25.2 Å². The number of halogens is 1. The molecule has 1 aromatic rings. The van der Waals surface area contributed by atoms with Gasteiger partial charge < -0.3 is 35.0 Å². The number of benzene rings is 1. The highest BCUT2D eigenvalue weighted by atomic mass is 79.9. The summed E-state index contributed by atoms with van der Waals surface area (Å²) in [6.45, 7) is -0.636. The Labute approximate surface area is 145 Å². The van der Waals surface area contributed by atoms with Crippen LogP contribution in [0, 0.1) is 0 Å². The number of hydrogen-bond acceptors (Lipinski definition) is 7. The van der Waals surface area contributed by atoms with Crippen LogP contribution >= 0.6 is 15.9 Å². The molecular weight excluding hydrogens is 388 g/mol. The van der Waals surface area contributed by atoms with Gasteiger partial charge in [-0.1, -0.05) is 28.1 Å².